The fraction of sp³-hybridized carbons (Fsp3) is 0. The van der Waals surface area contributed by atoms with Crippen molar-refractivity contribution < 1.29 is 30.3 Å². The molecule has 1 aromatic carbocycles. The van der Waals surface area contributed by atoms with Gasteiger partial charge in [0.1, 0.15) is 11.2 Å². The molecule has 13 heteroatoms. The maximum atomic E-state index is 12.9. The molecule has 0 unspecified atom stereocenters. The van der Waals surface area contributed by atoms with Crippen molar-refractivity contribution in [2.24, 2.45) is 0 Å². The number of benzene rings is 1. The quantitative estimate of drug-likeness (QED) is 0.652. The molecule has 1 heterocycles. The summed E-state index contributed by atoms with van der Waals surface area (Å²) in [4.78, 5) is 8.38. The van der Waals surface area contributed by atoms with E-state index in [9.17, 15) is 21.2 Å². The lowest BCUT2D eigenvalue weighted by atomic mass is 10.3. The summed E-state index contributed by atoms with van der Waals surface area (Å²) in [6, 6.07) is 2.20. The predicted octanol–water partition coefficient (Wildman–Crippen LogP) is 0.248. The molecule has 2 aromatic rings. The van der Waals surface area contributed by atoms with E-state index in [2.05, 4.69) is 20.3 Å². The fourth-order valence-corrected chi connectivity index (χ4v) is 2.58. The summed E-state index contributed by atoms with van der Waals surface area (Å²) in [6.45, 7) is 0. The van der Waals surface area contributed by atoms with Crippen LogP contribution in [0.25, 0.3) is 0 Å². The second-order valence-corrected chi connectivity index (χ2v) is 6.62. The minimum Gasteiger partial charge on any atom is -0.323 e. The minimum atomic E-state index is -4.73. The summed E-state index contributed by atoms with van der Waals surface area (Å²) < 4.78 is 75.5. The summed E-state index contributed by atoms with van der Waals surface area (Å²) in [7, 11) is -9.36. The number of nitrogens with one attached hydrogen (secondary N) is 1. The molecule has 0 atom stereocenters. The number of rotatable bonds is 4. The van der Waals surface area contributed by atoms with Gasteiger partial charge < -0.3 is 5.32 Å². The Morgan fingerprint density at radius 3 is 2.27 bits per heavy atom. The van der Waals surface area contributed by atoms with Crippen molar-refractivity contribution in [3.63, 3.8) is 0 Å². The van der Waals surface area contributed by atoms with E-state index >= 15 is 0 Å². The summed E-state index contributed by atoms with van der Waals surface area (Å²) >= 11 is 0. The second-order valence-electron chi connectivity index (χ2n) is 3.81. The van der Waals surface area contributed by atoms with Gasteiger partial charge in [-0.15, -0.1) is 0 Å². The summed E-state index contributed by atoms with van der Waals surface area (Å²) in [5.74, 6) is -0.440. The monoisotopic (exact) mass is 350 g/mol. The number of anilines is 2. The lowest BCUT2D eigenvalue weighted by molar-refractivity contribution is 0.479. The van der Waals surface area contributed by atoms with Crippen LogP contribution in [0.4, 0.5) is 16.0 Å². The molecule has 3 N–H and O–H groups in total. The maximum Gasteiger partial charge on any atom is 0.313 e. The van der Waals surface area contributed by atoms with E-state index < -0.39 is 47.7 Å². The Kier molecular flexibility index (Phi) is 4.06. The van der Waals surface area contributed by atoms with Crippen LogP contribution in [0.15, 0.2) is 34.3 Å². The minimum absolute atomic E-state index is 0.440. The van der Waals surface area contributed by atoms with Crippen molar-refractivity contribution in [2.45, 2.75) is 9.79 Å². The number of nitrogens with zero attached hydrogens (tertiary/aromatic N) is 3. The molecule has 0 bridgehead atoms. The molecule has 0 aliphatic heterocycles. The zero-order valence-electron chi connectivity index (χ0n) is 10.4. The Morgan fingerprint density at radius 1 is 1.05 bits per heavy atom. The van der Waals surface area contributed by atoms with Crippen molar-refractivity contribution in [3.8, 4) is 0 Å². The van der Waals surface area contributed by atoms with E-state index in [0.717, 1.165) is 18.5 Å². The summed E-state index contributed by atoms with van der Waals surface area (Å²) in [6.07, 6.45) is -0.387. The van der Waals surface area contributed by atoms with Gasteiger partial charge in [-0.2, -0.15) is 31.2 Å². The van der Waals surface area contributed by atoms with Gasteiger partial charge in [-0.3, -0.25) is 9.11 Å². The summed E-state index contributed by atoms with van der Waals surface area (Å²) in [5.41, 5.74) is -0.483. The molecule has 0 radical (unpaired) electrons. The van der Waals surface area contributed by atoms with Gasteiger partial charge in [-0.1, -0.05) is 0 Å². The summed E-state index contributed by atoms with van der Waals surface area (Å²) in [5, 5.41) is 2.22. The van der Waals surface area contributed by atoms with E-state index in [-0.39, 0.29) is 0 Å². The van der Waals surface area contributed by atoms with Gasteiger partial charge in [0, 0.05) is 0 Å². The number of halogens is 1. The van der Waals surface area contributed by atoms with Crippen LogP contribution < -0.4 is 5.32 Å². The Labute approximate surface area is 123 Å². The van der Waals surface area contributed by atoms with E-state index in [1.807, 2.05) is 0 Å². The highest BCUT2D eigenvalue weighted by atomic mass is 32.2. The lowest BCUT2D eigenvalue weighted by Crippen LogP contribution is -2.08. The molecule has 0 saturated heterocycles. The molecular formula is C9H7FN4O6S2. The highest BCUT2D eigenvalue weighted by Crippen LogP contribution is 2.26. The highest BCUT2D eigenvalue weighted by Gasteiger charge is 2.20. The molecule has 0 amide bonds. The molecule has 0 spiro atoms. The third-order valence-electron chi connectivity index (χ3n) is 2.32. The van der Waals surface area contributed by atoms with Crippen molar-refractivity contribution in [1.29, 1.82) is 0 Å². The van der Waals surface area contributed by atoms with Crippen LogP contribution in [0, 0.1) is 6.08 Å². The molecule has 10 nitrogen and oxygen atoms in total. The largest absolute Gasteiger partial charge is 0.323 e. The molecule has 2 rings (SSSR count). The van der Waals surface area contributed by atoms with Gasteiger partial charge in [-0.05, 0) is 18.2 Å². The molecule has 1 aromatic heterocycles. The van der Waals surface area contributed by atoms with Gasteiger partial charge in [0.25, 0.3) is 20.2 Å². The lowest BCUT2D eigenvalue weighted by Gasteiger charge is -2.10. The van der Waals surface area contributed by atoms with E-state index in [1.165, 1.54) is 0 Å². The van der Waals surface area contributed by atoms with Gasteiger partial charge in [-0.25, -0.2) is 4.98 Å². The molecular weight excluding hydrogens is 343 g/mol. The zero-order chi connectivity index (χ0) is 16.5. The Bertz CT molecular complexity index is 931. The van der Waals surface area contributed by atoms with Gasteiger partial charge in [0.2, 0.25) is 5.95 Å². The Morgan fingerprint density at radius 2 is 1.73 bits per heavy atom. The van der Waals surface area contributed by atoms with E-state index in [0.29, 0.717) is 6.07 Å². The third kappa shape index (κ3) is 3.70. The van der Waals surface area contributed by atoms with Crippen LogP contribution >= 0.6 is 0 Å². The van der Waals surface area contributed by atoms with Crippen LogP contribution in [0.1, 0.15) is 0 Å². The van der Waals surface area contributed by atoms with E-state index in [1.54, 1.807) is 0 Å². The molecule has 118 valence electrons. The van der Waals surface area contributed by atoms with Crippen LogP contribution in [0.2, 0.25) is 0 Å². The normalized spacial score (nSPS) is 12.1. The molecule has 0 aliphatic carbocycles. The zero-order valence-corrected chi connectivity index (χ0v) is 12.0. The predicted molar refractivity (Wildman–Crippen MR) is 69.1 cm³/mol. The SMILES string of the molecule is O=S(=O)(O)c1ccc(S(=O)(=O)O)c(Nc2ncnc(F)n2)c1. The third-order valence-corrected chi connectivity index (χ3v) is 4.08. The van der Waals surface area contributed by atoms with Crippen LogP contribution in [-0.2, 0) is 20.2 Å². The van der Waals surface area contributed by atoms with Crippen LogP contribution in [-0.4, -0.2) is 40.9 Å². The van der Waals surface area contributed by atoms with Crippen molar-refractivity contribution in [2.75, 3.05) is 5.32 Å². The van der Waals surface area contributed by atoms with E-state index in [4.69, 9.17) is 9.11 Å². The molecule has 0 aliphatic rings. The average Bonchev–Trinajstić information content (AvgIpc) is 2.36. The first-order valence-electron chi connectivity index (χ1n) is 5.28. The molecule has 0 saturated carbocycles. The first-order valence-corrected chi connectivity index (χ1v) is 8.16. The highest BCUT2D eigenvalue weighted by molar-refractivity contribution is 7.86. The second kappa shape index (κ2) is 5.53. The van der Waals surface area contributed by atoms with Gasteiger partial charge >= 0.3 is 6.08 Å². The smallest absolute Gasteiger partial charge is 0.313 e. The molecule has 22 heavy (non-hydrogen) atoms. The maximum absolute atomic E-state index is 12.9. The number of hydrogen-bond acceptors (Lipinski definition) is 8. The first-order chi connectivity index (χ1) is 10.1. The molecule has 0 fully saturated rings. The number of hydrogen-bond donors (Lipinski definition) is 3. The van der Waals surface area contributed by atoms with Crippen LogP contribution in [0.5, 0.6) is 0 Å². The van der Waals surface area contributed by atoms with Crippen LogP contribution in [0.3, 0.4) is 0 Å². The van der Waals surface area contributed by atoms with Gasteiger partial charge in [0.05, 0.1) is 10.6 Å². The number of aromatic nitrogens is 3. The first kappa shape index (κ1) is 16.2. The Balaban J connectivity index is 2.60. The Hall–Kier alpha value is -2.22. The van der Waals surface area contributed by atoms with Crippen molar-refractivity contribution in [1.82, 2.24) is 15.0 Å². The fourth-order valence-electron chi connectivity index (χ4n) is 1.45. The van der Waals surface area contributed by atoms with Crippen molar-refractivity contribution in [3.05, 3.63) is 30.6 Å². The van der Waals surface area contributed by atoms with Crippen molar-refractivity contribution >= 4 is 31.9 Å². The van der Waals surface area contributed by atoms with Gasteiger partial charge in [0.15, 0.2) is 0 Å². The standard InChI is InChI=1S/C9H7FN4O6S2/c10-8-11-4-12-9(14-8)13-6-3-5(21(15,16)17)1-2-7(6)22(18,19)20/h1-4H,(H,15,16,17)(H,18,19,20)(H,11,12,13,14). The average molecular weight is 350 g/mol. The topological polar surface area (TPSA) is 159 Å².